The molecule has 0 radical (unpaired) electrons. The van der Waals surface area contributed by atoms with Crippen molar-refractivity contribution in [2.75, 3.05) is 43.4 Å². The Bertz CT molecular complexity index is 459. The first-order chi connectivity index (χ1) is 9.75. The fourth-order valence-electron chi connectivity index (χ4n) is 1.42. The van der Waals surface area contributed by atoms with Crippen LogP contribution in [-0.4, -0.2) is 56.0 Å². The average molecular weight is 390 g/mol. The molecule has 0 aromatic carbocycles. The van der Waals surface area contributed by atoms with E-state index in [-0.39, 0.29) is 37.3 Å². The zero-order chi connectivity index (χ0) is 15.5. The Hall–Kier alpha value is -0.817. The molecular formula is C7H17N8O5PZn. The van der Waals surface area contributed by atoms with Crippen LogP contribution < -0.4 is 22.5 Å². The Balaban J connectivity index is 0.000000219. The van der Waals surface area contributed by atoms with Crippen LogP contribution in [0.25, 0.3) is 0 Å². The molecule has 15 heteroatoms. The molecule has 1 aromatic heterocycles. The number of hydrogen-bond acceptors (Lipinski definition) is 13. The molecule has 2 aliphatic heterocycles. The van der Waals surface area contributed by atoms with Gasteiger partial charge in [0.05, 0.1) is 0 Å². The molecule has 3 rings (SSSR count). The van der Waals surface area contributed by atoms with Gasteiger partial charge in [0.25, 0.3) is 0 Å². The molecular weight excluding hydrogens is 372 g/mol. The van der Waals surface area contributed by atoms with Crippen molar-refractivity contribution in [2.24, 2.45) is 0 Å². The minimum Gasteiger partial charge on any atom is 0 e. The zero-order valence-electron chi connectivity index (χ0n) is 11.6. The Kier molecular flexibility index (Phi) is 6.27. The van der Waals surface area contributed by atoms with Crippen molar-refractivity contribution in [3.8, 4) is 0 Å². The largest absolute Gasteiger partial charge is 0 e. The van der Waals surface area contributed by atoms with Crippen LogP contribution in [0.15, 0.2) is 0 Å². The van der Waals surface area contributed by atoms with E-state index in [1.807, 2.05) is 0 Å². The summed E-state index contributed by atoms with van der Waals surface area (Å²) in [5.41, 5.74) is 15.4. The number of nitrogens with zero attached hydrogens (tertiary/aromatic N) is 4. The Morgan fingerprint density at radius 3 is 1.77 bits per heavy atom. The molecule has 9 N–H and O–H groups in total. The summed E-state index contributed by atoms with van der Waals surface area (Å²) in [5, 5.41) is 4.50. The summed E-state index contributed by atoms with van der Waals surface area (Å²) >= 11 is 0. The second-order valence-corrected chi connectivity index (χ2v) is 6.19. The molecule has 1 aromatic rings. The maximum Gasteiger partial charge on any atom is 0 e. The van der Waals surface area contributed by atoms with Crippen molar-refractivity contribution in [3.63, 3.8) is 0 Å². The summed E-state index contributed by atoms with van der Waals surface area (Å²) in [5.74, 6) is 0.125. The molecule has 2 aliphatic rings. The number of aromatic nitrogens is 3. The van der Waals surface area contributed by atoms with Crippen molar-refractivity contribution in [1.29, 1.82) is 0 Å². The summed E-state index contributed by atoms with van der Waals surface area (Å²) in [4.78, 5) is 28.7. The zero-order valence-corrected chi connectivity index (χ0v) is 15.5. The maximum atomic E-state index is 9.10. The van der Waals surface area contributed by atoms with Gasteiger partial charge in [0, 0.05) is 19.5 Å². The first-order valence-electron chi connectivity index (χ1n) is 5.84. The van der Waals surface area contributed by atoms with E-state index < -0.39 is 7.74 Å². The van der Waals surface area contributed by atoms with Crippen LogP contribution >= 0.6 is 7.74 Å². The number of piperazine rings is 1. The minimum absolute atomic E-state index is 0. The molecule has 0 bridgehead atoms. The monoisotopic (exact) mass is 388 g/mol. The van der Waals surface area contributed by atoms with Gasteiger partial charge in [-0.2, -0.15) is 15.0 Å². The van der Waals surface area contributed by atoms with Gasteiger partial charge in [-0.15, -0.1) is 0 Å². The van der Waals surface area contributed by atoms with Crippen LogP contribution in [0.4, 0.5) is 17.8 Å². The van der Waals surface area contributed by atoms with Crippen LogP contribution in [-0.2, 0) is 33.5 Å². The number of nitrogens with two attached hydrogens (primary N) is 3. The van der Waals surface area contributed by atoms with Gasteiger partial charge in [-0.3, -0.25) is 0 Å². The molecule has 0 aliphatic carbocycles. The van der Waals surface area contributed by atoms with Crippen LogP contribution in [0.3, 0.4) is 0 Å². The molecule has 2 saturated heterocycles. The Labute approximate surface area is 138 Å². The van der Waals surface area contributed by atoms with Crippen LogP contribution in [0.1, 0.15) is 0 Å². The van der Waals surface area contributed by atoms with Crippen molar-refractivity contribution < 1.29 is 43.2 Å². The second-order valence-electron chi connectivity index (χ2n) is 4.12. The maximum absolute atomic E-state index is 9.10. The number of hydrogen-bond donors (Lipinski definition) is 6. The first kappa shape index (κ1) is 19.2. The van der Waals surface area contributed by atoms with E-state index in [0.717, 1.165) is 13.1 Å². The molecule has 0 atom stereocenters. The van der Waals surface area contributed by atoms with Crippen LogP contribution in [0.2, 0.25) is 0 Å². The molecule has 0 unspecified atom stereocenters. The topological polar surface area (TPSA) is 207 Å². The number of hydroxylamine groups is 2. The first-order valence-corrected chi connectivity index (χ1v) is 7.74. The van der Waals surface area contributed by atoms with E-state index in [9.17, 15) is 0 Å². The Morgan fingerprint density at radius 1 is 1.00 bits per heavy atom. The van der Waals surface area contributed by atoms with Crippen molar-refractivity contribution >= 4 is 25.6 Å². The fourth-order valence-corrected chi connectivity index (χ4v) is 2.38. The number of rotatable bonds is 2. The molecule has 0 amide bonds. The number of nitrogen functional groups attached to an aromatic ring is 3. The van der Waals surface area contributed by atoms with Crippen LogP contribution in [0, 0.1) is 0 Å². The third kappa shape index (κ3) is 6.12. The molecule has 0 spiro atoms. The molecule has 22 heavy (non-hydrogen) atoms. The molecule has 2 fully saturated rings. The SMILES string of the molecule is Nc1nc(N)nc(N)n1.OP1(O)(ON2CCNCC2)OO1.[Zn]. The predicted octanol–water partition coefficient (Wildman–Crippen LogP) is -2.49. The average Bonchev–Trinajstić information content (AvgIpc) is 3.00. The third-order valence-corrected chi connectivity index (χ3v) is 3.33. The summed E-state index contributed by atoms with van der Waals surface area (Å²) in [6, 6.07) is 0. The van der Waals surface area contributed by atoms with Gasteiger partial charge in [-0.1, -0.05) is 0 Å². The number of anilines is 3. The van der Waals surface area contributed by atoms with E-state index in [1.165, 1.54) is 5.06 Å². The van der Waals surface area contributed by atoms with E-state index in [2.05, 4.69) is 29.6 Å². The van der Waals surface area contributed by atoms with Gasteiger partial charge in [-0.05, 0) is 0 Å². The van der Waals surface area contributed by atoms with Gasteiger partial charge < -0.3 is 17.2 Å². The molecule has 0 saturated carbocycles. The number of nitrogens with one attached hydrogen (secondary N) is 1. The quantitative estimate of drug-likeness (QED) is 0.134. The molecule has 3 heterocycles. The van der Waals surface area contributed by atoms with Gasteiger partial charge in [0.15, 0.2) is 0 Å². The fraction of sp³-hybridized carbons (Fsp3) is 0.571. The van der Waals surface area contributed by atoms with Crippen molar-refractivity contribution in [2.45, 2.75) is 0 Å². The van der Waals surface area contributed by atoms with Gasteiger partial charge in [0.1, 0.15) is 0 Å². The minimum atomic E-state index is -4.55. The molecule has 122 valence electrons. The van der Waals surface area contributed by atoms with E-state index in [1.54, 1.807) is 0 Å². The van der Waals surface area contributed by atoms with Crippen LogP contribution in [0.5, 0.6) is 0 Å². The molecule has 13 nitrogen and oxygen atoms in total. The van der Waals surface area contributed by atoms with E-state index in [0.29, 0.717) is 13.1 Å². The third-order valence-electron chi connectivity index (χ3n) is 2.29. The van der Waals surface area contributed by atoms with Crippen molar-refractivity contribution in [3.05, 3.63) is 0 Å². The predicted molar refractivity (Wildman–Crippen MR) is 72.1 cm³/mol. The summed E-state index contributed by atoms with van der Waals surface area (Å²) < 4.78 is 12.9. The van der Waals surface area contributed by atoms with Gasteiger partial charge in [-0.25, -0.2) is 0 Å². The summed E-state index contributed by atoms with van der Waals surface area (Å²) in [6.45, 7) is 2.64. The van der Waals surface area contributed by atoms with E-state index >= 15 is 0 Å². The summed E-state index contributed by atoms with van der Waals surface area (Å²) in [6.07, 6.45) is 0. The smallest absolute Gasteiger partial charge is 0 e. The van der Waals surface area contributed by atoms with E-state index in [4.69, 9.17) is 31.6 Å². The van der Waals surface area contributed by atoms with Gasteiger partial charge >= 0.3 is 68.1 Å². The normalized spacial score (nSPS) is 23.8. The van der Waals surface area contributed by atoms with Gasteiger partial charge in [0.2, 0.25) is 17.8 Å². The standard InChI is InChI=1S/C4H11N2O5P.C3H6N6.Zn/c7-12(8,10-11-12)9-6-3-1-5-2-4-6;4-1-7-2(5)9-3(6)8-1;/h5,7-8H,1-4H2;(H6,4,5,6,7,8,9);. The summed E-state index contributed by atoms with van der Waals surface area (Å²) in [7, 11) is -4.55. The second kappa shape index (κ2) is 7.17. The van der Waals surface area contributed by atoms with Crippen molar-refractivity contribution in [1.82, 2.24) is 25.3 Å². The Morgan fingerprint density at radius 2 is 1.41 bits per heavy atom.